The number of hydrogen-bond acceptors (Lipinski definition) is 6. The number of aliphatic carboxylic acids is 1. The number of imidazole rings is 1. The molecule has 49 heavy (non-hydrogen) atoms. The number of benzene rings is 2. The molecule has 2 aromatic heterocycles. The number of rotatable bonds is 13. The van der Waals surface area contributed by atoms with Gasteiger partial charge in [0.1, 0.15) is 23.0 Å². The van der Waals surface area contributed by atoms with Gasteiger partial charge in [0.05, 0.1) is 29.6 Å². The van der Waals surface area contributed by atoms with Gasteiger partial charge in [0, 0.05) is 42.4 Å². The number of nitrogens with zero attached hydrogens (tertiary/aromatic N) is 3. The van der Waals surface area contributed by atoms with Gasteiger partial charge in [-0.2, -0.15) is 0 Å². The third kappa shape index (κ3) is 8.23. The smallest absolute Gasteiger partial charge is 0.337 e. The molecule has 0 saturated carbocycles. The van der Waals surface area contributed by atoms with Crippen molar-refractivity contribution in [1.29, 1.82) is 0 Å². The third-order valence-corrected chi connectivity index (χ3v) is 8.84. The normalized spacial score (nSPS) is 15.9. The number of pyridine rings is 1. The molecule has 1 N–H and O–H groups in total. The minimum absolute atomic E-state index is 0.128. The van der Waals surface area contributed by atoms with Crippen LogP contribution in [0.5, 0.6) is 5.75 Å². The van der Waals surface area contributed by atoms with Crippen molar-refractivity contribution in [3.8, 4) is 28.1 Å². The van der Waals surface area contributed by atoms with Crippen molar-refractivity contribution < 1.29 is 28.5 Å². The van der Waals surface area contributed by atoms with Gasteiger partial charge in [-0.1, -0.05) is 30.4 Å². The molecule has 1 aliphatic rings. The van der Waals surface area contributed by atoms with Crippen LogP contribution in [0.25, 0.3) is 28.0 Å². The Labute approximate surface area is 288 Å². The number of aryl methyl sites for hydroxylation is 1. The second kappa shape index (κ2) is 14.6. The molecule has 5 rings (SSSR count). The van der Waals surface area contributed by atoms with Crippen LogP contribution in [-0.2, 0) is 14.3 Å². The SMILES string of the molecule is C=CCOC1(C)CCN(c2c(C(OC(C)(C)C)C(=O)O)c(C)cc3nc(-c4cccc(-c5cc(F)ccc5O[C@@H](C)CC=C)c4)cn23)CC1. The molecule has 4 aromatic rings. The summed E-state index contributed by atoms with van der Waals surface area (Å²) >= 11 is 0. The highest BCUT2D eigenvalue weighted by molar-refractivity contribution is 5.80. The number of piperidine rings is 1. The molecule has 2 aromatic carbocycles. The minimum Gasteiger partial charge on any atom is -0.490 e. The van der Waals surface area contributed by atoms with E-state index in [9.17, 15) is 14.3 Å². The fourth-order valence-corrected chi connectivity index (χ4v) is 6.39. The van der Waals surface area contributed by atoms with Crippen LogP contribution >= 0.6 is 0 Å². The number of fused-ring (bicyclic) bond motifs is 1. The van der Waals surface area contributed by atoms with Gasteiger partial charge in [0.15, 0.2) is 6.10 Å². The first-order chi connectivity index (χ1) is 23.2. The van der Waals surface area contributed by atoms with Gasteiger partial charge in [-0.25, -0.2) is 14.2 Å². The standard InChI is InChI=1S/C40H48FN3O5/c1-9-12-27(4)48-33-16-15-30(41)24-31(33)28-13-11-14-29(23-28)32-25-44-34(42-32)22-26(3)35(36(38(45)46)49-39(5,6)7)37(44)43-19-17-40(8,18-20-43)47-21-10-2/h9-11,13-16,22-25,27,36H,1-2,12,17-21H2,3-8H3,(H,45,46)/t27-,36?/m0/s1. The van der Waals surface area contributed by atoms with Crippen LogP contribution < -0.4 is 9.64 Å². The maximum absolute atomic E-state index is 14.6. The van der Waals surface area contributed by atoms with Crippen LogP contribution in [0.2, 0.25) is 0 Å². The molecule has 2 atom stereocenters. The van der Waals surface area contributed by atoms with E-state index in [1.807, 2.05) is 75.5 Å². The van der Waals surface area contributed by atoms with E-state index in [-0.39, 0.29) is 17.5 Å². The Kier molecular flexibility index (Phi) is 10.6. The topological polar surface area (TPSA) is 85.5 Å². The van der Waals surface area contributed by atoms with Crippen LogP contribution in [0.15, 0.2) is 80.0 Å². The Hall–Kier alpha value is -4.47. The molecular formula is C40H48FN3O5. The molecule has 1 fully saturated rings. The van der Waals surface area contributed by atoms with E-state index < -0.39 is 17.7 Å². The van der Waals surface area contributed by atoms with E-state index in [1.54, 1.807) is 18.2 Å². The fraction of sp³-hybridized carbons (Fsp3) is 0.400. The van der Waals surface area contributed by atoms with Crippen LogP contribution in [0.4, 0.5) is 10.2 Å². The summed E-state index contributed by atoms with van der Waals surface area (Å²) in [6.07, 6.45) is 6.33. The quantitative estimate of drug-likeness (QED) is 0.142. The van der Waals surface area contributed by atoms with E-state index in [0.29, 0.717) is 54.3 Å². The van der Waals surface area contributed by atoms with Crippen LogP contribution in [0.3, 0.4) is 0 Å². The molecular weight excluding hydrogens is 621 g/mol. The molecule has 0 bridgehead atoms. The first-order valence-electron chi connectivity index (χ1n) is 16.8. The Bertz CT molecular complexity index is 1830. The number of aromatic nitrogens is 2. The third-order valence-electron chi connectivity index (χ3n) is 8.84. The van der Waals surface area contributed by atoms with Gasteiger partial charge < -0.3 is 24.2 Å². The van der Waals surface area contributed by atoms with Gasteiger partial charge in [-0.05, 0) is 95.8 Å². The van der Waals surface area contributed by atoms with Crippen molar-refractivity contribution in [2.75, 3.05) is 24.6 Å². The summed E-state index contributed by atoms with van der Waals surface area (Å²) in [5.74, 6) is -0.0941. The monoisotopic (exact) mass is 669 g/mol. The van der Waals surface area contributed by atoms with Crippen molar-refractivity contribution in [3.05, 3.63) is 97.0 Å². The summed E-state index contributed by atoms with van der Waals surface area (Å²) in [7, 11) is 0. The van der Waals surface area contributed by atoms with Crippen LogP contribution in [0.1, 0.15) is 71.1 Å². The van der Waals surface area contributed by atoms with Crippen molar-refractivity contribution in [2.45, 2.75) is 84.2 Å². The minimum atomic E-state index is -1.20. The van der Waals surface area contributed by atoms with Crippen molar-refractivity contribution in [1.82, 2.24) is 9.38 Å². The summed E-state index contributed by atoms with van der Waals surface area (Å²) < 4.78 is 35.1. The lowest BCUT2D eigenvalue weighted by molar-refractivity contribution is -0.160. The van der Waals surface area contributed by atoms with Crippen molar-refractivity contribution >= 4 is 17.4 Å². The summed E-state index contributed by atoms with van der Waals surface area (Å²) in [6.45, 7) is 20.9. The summed E-state index contributed by atoms with van der Waals surface area (Å²) in [4.78, 5) is 20.1. The Morgan fingerprint density at radius 3 is 2.47 bits per heavy atom. The lowest BCUT2D eigenvalue weighted by atomic mass is 9.92. The zero-order chi connectivity index (χ0) is 35.5. The number of carboxylic acids is 1. The van der Waals surface area contributed by atoms with E-state index in [4.69, 9.17) is 19.2 Å². The Morgan fingerprint density at radius 1 is 1.10 bits per heavy atom. The summed E-state index contributed by atoms with van der Waals surface area (Å²) in [5.41, 5.74) is 3.97. The van der Waals surface area contributed by atoms with Gasteiger partial charge in [0.2, 0.25) is 0 Å². The molecule has 0 aliphatic carbocycles. The Morgan fingerprint density at radius 2 is 1.82 bits per heavy atom. The van der Waals surface area contributed by atoms with E-state index in [1.165, 1.54) is 12.1 Å². The van der Waals surface area contributed by atoms with E-state index in [0.717, 1.165) is 35.3 Å². The van der Waals surface area contributed by atoms with Crippen LogP contribution in [-0.4, -0.2) is 57.5 Å². The maximum atomic E-state index is 14.6. The molecule has 3 heterocycles. The zero-order valence-corrected chi connectivity index (χ0v) is 29.5. The molecule has 1 aliphatic heterocycles. The number of carboxylic acid groups (broad SMARTS) is 1. The highest BCUT2D eigenvalue weighted by Crippen LogP contribution is 2.40. The molecule has 260 valence electrons. The molecule has 1 saturated heterocycles. The zero-order valence-electron chi connectivity index (χ0n) is 29.5. The molecule has 0 amide bonds. The summed E-state index contributed by atoms with van der Waals surface area (Å²) in [5, 5.41) is 10.5. The van der Waals surface area contributed by atoms with E-state index in [2.05, 4.69) is 25.0 Å². The summed E-state index contributed by atoms with van der Waals surface area (Å²) in [6, 6.07) is 14.2. The Balaban J connectivity index is 1.63. The number of carbonyl (C=O) groups is 1. The molecule has 1 unspecified atom stereocenters. The number of ether oxygens (including phenoxy) is 3. The predicted octanol–water partition coefficient (Wildman–Crippen LogP) is 8.96. The van der Waals surface area contributed by atoms with Gasteiger partial charge in [-0.15, -0.1) is 13.2 Å². The van der Waals surface area contributed by atoms with Crippen molar-refractivity contribution in [3.63, 3.8) is 0 Å². The molecule has 0 spiro atoms. The number of halogens is 1. The highest BCUT2D eigenvalue weighted by Gasteiger charge is 2.37. The fourth-order valence-electron chi connectivity index (χ4n) is 6.39. The average Bonchev–Trinajstić information content (AvgIpc) is 3.47. The first-order valence-corrected chi connectivity index (χ1v) is 16.8. The lowest BCUT2D eigenvalue weighted by Gasteiger charge is -2.41. The molecule has 9 heteroatoms. The van der Waals surface area contributed by atoms with Crippen molar-refractivity contribution in [2.24, 2.45) is 0 Å². The van der Waals surface area contributed by atoms with Crippen LogP contribution in [0, 0.1) is 12.7 Å². The second-order valence-electron chi connectivity index (χ2n) is 14.1. The van der Waals surface area contributed by atoms with E-state index >= 15 is 0 Å². The van der Waals surface area contributed by atoms with Gasteiger partial charge in [0.25, 0.3) is 0 Å². The van der Waals surface area contributed by atoms with Gasteiger partial charge >= 0.3 is 5.97 Å². The second-order valence-corrected chi connectivity index (χ2v) is 14.1. The largest absolute Gasteiger partial charge is 0.490 e. The number of hydrogen-bond donors (Lipinski definition) is 1. The first kappa shape index (κ1) is 35.8. The number of anilines is 1. The van der Waals surface area contributed by atoms with Gasteiger partial charge in [-0.3, -0.25) is 4.40 Å². The predicted molar refractivity (Wildman–Crippen MR) is 193 cm³/mol. The maximum Gasteiger partial charge on any atom is 0.337 e. The molecule has 8 nitrogen and oxygen atoms in total. The highest BCUT2D eigenvalue weighted by atomic mass is 19.1. The molecule has 0 radical (unpaired) electrons. The lowest BCUT2D eigenvalue weighted by Crippen LogP contribution is -2.45. The average molecular weight is 670 g/mol.